The van der Waals surface area contributed by atoms with Crippen molar-refractivity contribution < 1.29 is 10.0 Å². The molecule has 0 amide bonds. The van der Waals surface area contributed by atoms with E-state index in [0.717, 1.165) is 19.4 Å². The molecule has 1 N–H and O–H groups in total. The second-order valence-electron chi connectivity index (χ2n) is 4.56. The molecule has 1 aliphatic heterocycles. The fraction of sp³-hybridized carbons (Fsp3) is 0.500. The van der Waals surface area contributed by atoms with Gasteiger partial charge in [0.25, 0.3) is 5.69 Å². The largest absolute Gasteiger partial charge is 0.392 e. The van der Waals surface area contributed by atoms with Crippen LogP contribution in [0.1, 0.15) is 18.4 Å². The van der Waals surface area contributed by atoms with Crippen LogP contribution in [0, 0.1) is 10.1 Å². The number of nitrogens with zero attached hydrogens (tertiary/aromatic N) is 2. The average Bonchev–Trinajstić information content (AvgIpc) is 2.28. The van der Waals surface area contributed by atoms with Crippen LogP contribution in [0.15, 0.2) is 18.2 Å². The van der Waals surface area contributed by atoms with E-state index in [2.05, 4.69) is 0 Å². The number of hydrogen-bond acceptors (Lipinski definition) is 4. The SMILES string of the molecule is O=[N+]([O-])c1ccc(Cl)cc1CN1CCCC(O)C1. The molecule has 1 heterocycles. The predicted molar refractivity (Wildman–Crippen MR) is 68.6 cm³/mol. The number of benzene rings is 1. The third kappa shape index (κ3) is 3.19. The predicted octanol–water partition coefficient (Wildman–Crippen LogP) is 2.20. The van der Waals surface area contributed by atoms with E-state index >= 15 is 0 Å². The molecule has 0 radical (unpaired) electrons. The summed E-state index contributed by atoms with van der Waals surface area (Å²) in [6, 6.07) is 4.58. The van der Waals surface area contributed by atoms with Crippen LogP contribution in [0.5, 0.6) is 0 Å². The summed E-state index contributed by atoms with van der Waals surface area (Å²) in [4.78, 5) is 12.6. The summed E-state index contributed by atoms with van der Waals surface area (Å²) in [5.74, 6) is 0. The third-order valence-electron chi connectivity index (χ3n) is 3.11. The van der Waals surface area contributed by atoms with Crippen LogP contribution in [-0.4, -0.2) is 34.1 Å². The molecule has 1 saturated heterocycles. The number of likely N-dealkylation sites (tertiary alicyclic amines) is 1. The van der Waals surface area contributed by atoms with Crippen LogP contribution in [0.4, 0.5) is 5.69 Å². The van der Waals surface area contributed by atoms with Gasteiger partial charge in [0.1, 0.15) is 0 Å². The molecule has 98 valence electrons. The lowest BCUT2D eigenvalue weighted by molar-refractivity contribution is -0.385. The van der Waals surface area contributed by atoms with Gasteiger partial charge in [-0.05, 0) is 31.5 Å². The molecule has 1 unspecified atom stereocenters. The van der Waals surface area contributed by atoms with Crippen molar-refractivity contribution in [2.75, 3.05) is 13.1 Å². The summed E-state index contributed by atoms with van der Waals surface area (Å²) >= 11 is 5.88. The van der Waals surface area contributed by atoms with E-state index in [1.54, 1.807) is 6.07 Å². The van der Waals surface area contributed by atoms with Gasteiger partial charge in [0.2, 0.25) is 0 Å². The molecule has 2 rings (SSSR count). The Kier molecular flexibility index (Phi) is 4.16. The number of rotatable bonds is 3. The first-order valence-corrected chi connectivity index (χ1v) is 6.27. The highest BCUT2D eigenvalue weighted by Gasteiger charge is 2.21. The molecule has 0 spiro atoms. The van der Waals surface area contributed by atoms with Crippen LogP contribution in [-0.2, 0) is 6.54 Å². The van der Waals surface area contributed by atoms with Gasteiger partial charge in [0.05, 0.1) is 11.0 Å². The quantitative estimate of drug-likeness (QED) is 0.675. The Morgan fingerprint density at radius 1 is 1.56 bits per heavy atom. The molecule has 1 atom stereocenters. The van der Waals surface area contributed by atoms with Gasteiger partial charge >= 0.3 is 0 Å². The van der Waals surface area contributed by atoms with Crippen molar-refractivity contribution in [3.05, 3.63) is 38.9 Å². The lowest BCUT2D eigenvalue weighted by Crippen LogP contribution is -2.37. The lowest BCUT2D eigenvalue weighted by Gasteiger charge is -2.29. The monoisotopic (exact) mass is 270 g/mol. The summed E-state index contributed by atoms with van der Waals surface area (Å²) in [6.07, 6.45) is 1.38. The maximum Gasteiger partial charge on any atom is 0.273 e. The summed E-state index contributed by atoms with van der Waals surface area (Å²) in [5.41, 5.74) is 0.682. The van der Waals surface area contributed by atoms with Gasteiger partial charge in [-0.3, -0.25) is 15.0 Å². The highest BCUT2D eigenvalue weighted by Crippen LogP contribution is 2.25. The first-order valence-electron chi connectivity index (χ1n) is 5.89. The number of halogens is 1. The van der Waals surface area contributed by atoms with Crippen molar-refractivity contribution in [2.24, 2.45) is 0 Å². The number of piperidine rings is 1. The van der Waals surface area contributed by atoms with Crippen LogP contribution in [0.3, 0.4) is 0 Å². The molecule has 5 nitrogen and oxygen atoms in total. The Morgan fingerprint density at radius 2 is 2.33 bits per heavy atom. The van der Waals surface area contributed by atoms with E-state index in [1.807, 2.05) is 4.90 Å². The number of aliphatic hydroxyl groups is 1. The van der Waals surface area contributed by atoms with E-state index < -0.39 is 4.92 Å². The molecular weight excluding hydrogens is 256 g/mol. The Hall–Kier alpha value is -1.17. The molecule has 1 aromatic rings. The van der Waals surface area contributed by atoms with Gasteiger partial charge in [0, 0.05) is 29.7 Å². The van der Waals surface area contributed by atoms with Gasteiger partial charge in [-0.1, -0.05) is 11.6 Å². The Bertz CT molecular complexity index is 453. The zero-order valence-electron chi connectivity index (χ0n) is 9.88. The zero-order valence-corrected chi connectivity index (χ0v) is 10.6. The molecule has 6 heteroatoms. The van der Waals surface area contributed by atoms with Crippen molar-refractivity contribution in [2.45, 2.75) is 25.5 Å². The fourth-order valence-electron chi connectivity index (χ4n) is 2.27. The van der Waals surface area contributed by atoms with E-state index in [9.17, 15) is 15.2 Å². The normalized spacial score (nSPS) is 20.9. The molecule has 0 saturated carbocycles. The van der Waals surface area contributed by atoms with Crippen molar-refractivity contribution >= 4 is 17.3 Å². The van der Waals surface area contributed by atoms with Crippen molar-refractivity contribution in [1.29, 1.82) is 0 Å². The summed E-state index contributed by atoms with van der Waals surface area (Å²) < 4.78 is 0. The molecular formula is C12H15ClN2O3. The molecule has 0 aromatic heterocycles. The number of hydrogen-bond donors (Lipinski definition) is 1. The van der Waals surface area contributed by atoms with Gasteiger partial charge in [-0.15, -0.1) is 0 Å². The number of nitro groups is 1. The minimum Gasteiger partial charge on any atom is -0.392 e. The lowest BCUT2D eigenvalue weighted by atomic mass is 10.1. The van der Waals surface area contributed by atoms with Crippen molar-refractivity contribution in [3.8, 4) is 0 Å². The first kappa shape index (κ1) is 13.3. The minimum atomic E-state index is -0.397. The van der Waals surface area contributed by atoms with Crippen LogP contribution >= 0.6 is 11.6 Å². The fourth-order valence-corrected chi connectivity index (χ4v) is 2.47. The maximum atomic E-state index is 10.9. The third-order valence-corrected chi connectivity index (χ3v) is 3.35. The highest BCUT2D eigenvalue weighted by atomic mass is 35.5. The highest BCUT2D eigenvalue weighted by molar-refractivity contribution is 6.30. The Labute approximate surface area is 110 Å². The Balaban J connectivity index is 2.16. The van der Waals surface area contributed by atoms with Crippen molar-refractivity contribution in [1.82, 2.24) is 4.90 Å². The van der Waals surface area contributed by atoms with Gasteiger partial charge in [-0.2, -0.15) is 0 Å². The van der Waals surface area contributed by atoms with Crippen molar-refractivity contribution in [3.63, 3.8) is 0 Å². The van der Waals surface area contributed by atoms with Gasteiger partial charge in [0.15, 0.2) is 0 Å². The molecule has 1 fully saturated rings. The number of aliphatic hydroxyl groups excluding tert-OH is 1. The standard InChI is InChI=1S/C12H15ClN2O3/c13-10-3-4-12(15(17)18)9(6-10)7-14-5-1-2-11(16)8-14/h3-4,6,11,16H,1-2,5,7-8H2. The van der Waals surface area contributed by atoms with Gasteiger partial charge in [-0.25, -0.2) is 0 Å². The number of nitro benzene ring substituents is 1. The summed E-state index contributed by atoms with van der Waals surface area (Å²) in [5, 5.41) is 21.0. The summed E-state index contributed by atoms with van der Waals surface area (Å²) in [7, 11) is 0. The van der Waals surface area contributed by atoms with E-state index in [4.69, 9.17) is 11.6 Å². The van der Waals surface area contributed by atoms with Gasteiger partial charge < -0.3 is 5.11 Å². The average molecular weight is 271 g/mol. The van der Waals surface area contributed by atoms with E-state index in [0.29, 0.717) is 23.7 Å². The topological polar surface area (TPSA) is 66.6 Å². The number of β-amino-alcohol motifs (C(OH)–C–C–N with tert-alkyl or cyclic N) is 1. The molecule has 1 aliphatic rings. The Morgan fingerprint density at radius 3 is 3.00 bits per heavy atom. The minimum absolute atomic E-state index is 0.0828. The molecule has 0 bridgehead atoms. The summed E-state index contributed by atoms with van der Waals surface area (Å²) in [6.45, 7) is 1.86. The smallest absolute Gasteiger partial charge is 0.273 e. The van der Waals surface area contributed by atoms with E-state index in [1.165, 1.54) is 12.1 Å². The second kappa shape index (κ2) is 5.65. The van der Waals surface area contributed by atoms with Crippen LogP contribution in [0.2, 0.25) is 5.02 Å². The van der Waals surface area contributed by atoms with Crippen LogP contribution in [0.25, 0.3) is 0 Å². The maximum absolute atomic E-state index is 10.9. The molecule has 0 aliphatic carbocycles. The zero-order chi connectivity index (χ0) is 13.1. The molecule has 1 aromatic carbocycles. The molecule has 18 heavy (non-hydrogen) atoms. The second-order valence-corrected chi connectivity index (χ2v) is 5.00. The first-order chi connectivity index (χ1) is 8.56. The van der Waals surface area contributed by atoms with E-state index in [-0.39, 0.29) is 11.8 Å². The van der Waals surface area contributed by atoms with Crippen LogP contribution < -0.4 is 0 Å².